The van der Waals surface area contributed by atoms with Crippen LogP contribution >= 0.6 is 0 Å². The van der Waals surface area contributed by atoms with Gasteiger partial charge in [0.25, 0.3) is 0 Å². The molecule has 0 aromatic heterocycles. The zero-order valence-electron chi connectivity index (χ0n) is 18.2. The highest BCUT2D eigenvalue weighted by atomic mass is 32.2. The fraction of sp³-hybridized carbons (Fsp3) is 0.364. The average molecular weight is 463 g/mol. The number of nitrogens with zero attached hydrogens (tertiary/aromatic N) is 2. The first-order valence-corrected chi connectivity index (χ1v) is 11.4. The number of hydrogen-bond acceptors (Lipinski definition) is 8. The summed E-state index contributed by atoms with van der Waals surface area (Å²) in [4.78, 5) is 27.3. The van der Waals surface area contributed by atoms with Crippen LogP contribution in [-0.4, -0.2) is 78.6 Å². The topological polar surface area (TPSA) is 102 Å². The van der Waals surface area contributed by atoms with Crippen LogP contribution in [0.25, 0.3) is 0 Å². The van der Waals surface area contributed by atoms with Gasteiger partial charge in [0.05, 0.1) is 36.5 Å². The SMILES string of the molecule is COc1cccc(C(=O)COC(=O)c2cc(S(=O)(=O)N(C)C)ccc2N2CCOCC2)c1. The minimum absolute atomic E-state index is 0.0365. The van der Waals surface area contributed by atoms with Crippen molar-refractivity contribution in [1.29, 1.82) is 0 Å². The molecule has 1 heterocycles. The third kappa shape index (κ3) is 5.26. The summed E-state index contributed by atoms with van der Waals surface area (Å²) in [5.74, 6) is -0.667. The Kier molecular flexibility index (Phi) is 7.49. The molecule has 172 valence electrons. The first kappa shape index (κ1) is 23.7. The Morgan fingerprint density at radius 1 is 1.09 bits per heavy atom. The molecule has 2 aromatic rings. The molecule has 0 spiro atoms. The van der Waals surface area contributed by atoms with Crippen molar-refractivity contribution >= 4 is 27.5 Å². The van der Waals surface area contributed by atoms with Gasteiger partial charge in [-0.15, -0.1) is 0 Å². The smallest absolute Gasteiger partial charge is 0.340 e. The quantitative estimate of drug-likeness (QED) is 0.432. The van der Waals surface area contributed by atoms with Gasteiger partial charge in [0.1, 0.15) is 5.75 Å². The molecular weight excluding hydrogens is 436 g/mol. The number of methoxy groups -OCH3 is 1. The Labute approximate surface area is 187 Å². The van der Waals surface area contributed by atoms with Gasteiger partial charge in [0, 0.05) is 32.7 Å². The van der Waals surface area contributed by atoms with E-state index in [1.807, 2.05) is 4.90 Å². The van der Waals surface area contributed by atoms with E-state index in [4.69, 9.17) is 14.2 Å². The van der Waals surface area contributed by atoms with E-state index in [0.717, 1.165) is 4.31 Å². The number of ether oxygens (including phenoxy) is 3. The highest BCUT2D eigenvalue weighted by molar-refractivity contribution is 7.89. The molecule has 1 aliphatic rings. The highest BCUT2D eigenvalue weighted by Gasteiger charge is 2.25. The number of hydrogen-bond donors (Lipinski definition) is 0. The van der Waals surface area contributed by atoms with Crippen LogP contribution in [0.2, 0.25) is 0 Å². The number of carbonyl (C=O) groups is 2. The van der Waals surface area contributed by atoms with Gasteiger partial charge in [-0.1, -0.05) is 12.1 Å². The number of carbonyl (C=O) groups excluding carboxylic acids is 2. The van der Waals surface area contributed by atoms with Crippen LogP contribution in [0, 0.1) is 0 Å². The summed E-state index contributed by atoms with van der Waals surface area (Å²) in [6.45, 7) is 1.58. The molecule has 2 aromatic carbocycles. The van der Waals surface area contributed by atoms with E-state index in [1.165, 1.54) is 33.3 Å². The van der Waals surface area contributed by atoms with E-state index >= 15 is 0 Å². The molecule has 1 aliphatic heterocycles. The highest BCUT2D eigenvalue weighted by Crippen LogP contribution is 2.27. The molecule has 32 heavy (non-hydrogen) atoms. The van der Waals surface area contributed by atoms with E-state index in [0.29, 0.717) is 43.3 Å². The number of esters is 1. The van der Waals surface area contributed by atoms with Crippen molar-refractivity contribution in [2.45, 2.75) is 4.90 Å². The molecule has 0 bridgehead atoms. The van der Waals surface area contributed by atoms with Crippen molar-refractivity contribution < 1.29 is 32.2 Å². The maximum absolute atomic E-state index is 13.0. The van der Waals surface area contributed by atoms with Gasteiger partial charge in [-0.05, 0) is 30.3 Å². The van der Waals surface area contributed by atoms with E-state index in [-0.39, 0.29) is 10.5 Å². The lowest BCUT2D eigenvalue weighted by Gasteiger charge is -2.30. The van der Waals surface area contributed by atoms with Crippen molar-refractivity contribution in [3.8, 4) is 5.75 Å². The number of morpholine rings is 1. The summed E-state index contributed by atoms with van der Waals surface area (Å²) in [6.07, 6.45) is 0. The fourth-order valence-corrected chi connectivity index (χ4v) is 4.15. The van der Waals surface area contributed by atoms with Crippen molar-refractivity contribution in [3.63, 3.8) is 0 Å². The number of rotatable bonds is 8. The van der Waals surface area contributed by atoms with E-state index in [9.17, 15) is 18.0 Å². The lowest BCUT2D eigenvalue weighted by Crippen LogP contribution is -2.37. The van der Waals surface area contributed by atoms with Crippen LogP contribution in [0.5, 0.6) is 5.75 Å². The Bertz CT molecular complexity index is 1090. The molecule has 1 fully saturated rings. The second-order valence-electron chi connectivity index (χ2n) is 7.30. The van der Waals surface area contributed by atoms with Crippen LogP contribution < -0.4 is 9.64 Å². The van der Waals surface area contributed by atoms with Crippen LogP contribution in [0.1, 0.15) is 20.7 Å². The molecule has 10 heteroatoms. The van der Waals surface area contributed by atoms with Crippen molar-refractivity contribution in [1.82, 2.24) is 4.31 Å². The van der Waals surface area contributed by atoms with Crippen molar-refractivity contribution in [2.75, 3.05) is 59.0 Å². The summed E-state index contributed by atoms with van der Waals surface area (Å²) in [5.41, 5.74) is 0.951. The summed E-state index contributed by atoms with van der Waals surface area (Å²) >= 11 is 0. The molecule has 0 N–H and O–H groups in total. The lowest BCUT2D eigenvalue weighted by atomic mass is 10.1. The van der Waals surface area contributed by atoms with E-state index in [2.05, 4.69) is 0 Å². The molecule has 0 saturated carbocycles. The first-order chi connectivity index (χ1) is 15.2. The summed E-state index contributed by atoms with van der Waals surface area (Å²) in [6, 6.07) is 10.9. The van der Waals surface area contributed by atoms with Gasteiger partial charge in [-0.3, -0.25) is 4.79 Å². The Balaban J connectivity index is 1.87. The van der Waals surface area contributed by atoms with Crippen LogP contribution in [-0.2, 0) is 19.5 Å². The Morgan fingerprint density at radius 3 is 2.47 bits per heavy atom. The van der Waals surface area contributed by atoms with Gasteiger partial charge in [0.15, 0.2) is 12.4 Å². The van der Waals surface area contributed by atoms with Gasteiger partial charge in [-0.25, -0.2) is 17.5 Å². The molecule has 1 saturated heterocycles. The zero-order valence-corrected chi connectivity index (χ0v) is 19.1. The molecule has 0 unspecified atom stereocenters. The number of Topliss-reactive ketones (excluding diaryl/α,β-unsaturated/α-hetero) is 1. The Morgan fingerprint density at radius 2 is 1.81 bits per heavy atom. The van der Waals surface area contributed by atoms with Crippen molar-refractivity contribution in [2.24, 2.45) is 0 Å². The summed E-state index contributed by atoms with van der Waals surface area (Å²) < 4.78 is 42.0. The molecule has 9 nitrogen and oxygen atoms in total. The second-order valence-corrected chi connectivity index (χ2v) is 9.45. The number of sulfonamides is 1. The van der Waals surface area contributed by atoms with Gasteiger partial charge < -0.3 is 19.1 Å². The molecule has 0 amide bonds. The number of ketones is 1. The van der Waals surface area contributed by atoms with Crippen LogP contribution in [0.15, 0.2) is 47.4 Å². The number of benzene rings is 2. The zero-order chi connectivity index (χ0) is 23.3. The first-order valence-electron chi connectivity index (χ1n) is 9.97. The standard InChI is InChI=1S/C22H26N2O7S/c1-23(2)32(27,28)18-7-8-20(24-9-11-30-12-10-24)19(14-18)22(26)31-15-21(25)16-5-4-6-17(13-16)29-3/h4-8,13-14H,9-12,15H2,1-3H3. The Hall–Kier alpha value is -2.95. The average Bonchev–Trinajstić information content (AvgIpc) is 2.82. The third-order valence-electron chi connectivity index (χ3n) is 5.04. The second kappa shape index (κ2) is 10.1. The summed E-state index contributed by atoms with van der Waals surface area (Å²) in [7, 11) is 0.556. The third-order valence-corrected chi connectivity index (χ3v) is 6.86. The monoisotopic (exact) mass is 462 g/mol. The van der Waals surface area contributed by atoms with Crippen LogP contribution in [0.3, 0.4) is 0 Å². The maximum Gasteiger partial charge on any atom is 0.340 e. The lowest BCUT2D eigenvalue weighted by molar-refractivity contribution is 0.0474. The fourth-order valence-electron chi connectivity index (χ4n) is 3.22. The molecular formula is C22H26N2O7S. The molecule has 3 rings (SSSR count). The normalized spacial score (nSPS) is 14.3. The van der Waals surface area contributed by atoms with Gasteiger partial charge >= 0.3 is 5.97 Å². The predicted molar refractivity (Wildman–Crippen MR) is 118 cm³/mol. The van der Waals surface area contributed by atoms with E-state index < -0.39 is 28.4 Å². The molecule has 0 radical (unpaired) electrons. The number of anilines is 1. The van der Waals surface area contributed by atoms with Crippen molar-refractivity contribution in [3.05, 3.63) is 53.6 Å². The predicted octanol–water partition coefficient (Wildman–Crippen LogP) is 1.82. The van der Waals surface area contributed by atoms with Gasteiger partial charge in [0.2, 0.25) is 10.0 Å². The molecule has 0 aliphatic carbocycles. The maximum atomic E-state index is 13.0. The molecule has 0 atom stereocenters. The largest absolute Gasteiger partial charge is 0.497 e. The minimum atomic E-state index is -3.76. The van der Waals surface area contributed by atoms with Crippen LogP contribution in [0.4, 0.5) is 5.69 Å². The van der Waals surface area contributed by atoms with E-state index in [1.54, 1.807) is 30.3 Å². The summed E-state index contributed by atoms with van der Waals surface area (Å²) in [5, 5.41) is 0. The van der Waals surface area contributed by atoms with Gasteiger partial charge in [-0.2, -0.15) is 0 Å². The minimum Gasteiger partial charge on any atom is -0.497 e.